The van der Waals surface area contributed by atoms with Gasteiger partial charge in [0.05, 0.1) is 5.69 Å². The minimum Gasteiger partial charge on any atom is -0.285 e. The summed E-state index contributed by atoms with van der Waals surface area (Å²) in [5.41, 5.74) is 1.94. The highest BCUT2D eigenvalue weighted by Gasteiger charge is 1.88. The van der Waals surface area contributed by atoms with Crippen LogP contribution in [0.3, 0.4) is 0 Å². The molecular weight excluding hydrogens is 88.1 g/mol. The average molecular weight is 95.1 g/mol. The van der Waals surface area contributed by atoms with Crippen LogP contribution in [-0.4, -0.2) is 10.2 Å². The van der Waals surface area contributed by atoms with Crippen molar-refractivity contribution in [2.75, 3.05) is 0 Å². The van der Waals surface area contributed by atoms with Gasteiger partial charge in [0.15, 0.2) is 0 Å². The fourth-order valence-corrected chi connectivity index (χ4v) is 0.379. The van der Waals surface area contributed by atoms with Crippen molar-refractivity contribution in [2.45, 2.75) is 6.92 Å². The van der Waals surface area contributed by atoms with Gasteiger partial charge in [-0.25, -0.2) is 0 Å². The van der Waals surface area contributed by atoms with E-state index >= 15 is 0 Å². The molecule has 37 valence electrons. The highest BCUT2D eigenvalue weighted by Crippen LogP contribution is 1.96. The first kappa shape index (κ1) is 4.37. The van der Waals surface area contributed by atoms with E-state index in [0.717, 1.165) is 11.3 Å². The van der Waals surface area contributed by atoms with E-state index in [0.29, 0.717) is 0 Å². The lowest BCUT2D eigenvalue weighted by molar-refractivity contribution is 1.07. The Morgan fingerprint density at radius 1 is 1.86 bits per heavy atom. The summed E-state index contributed by atoms with van der Waals surface area (Å²) in [6, 6.07) is 0. The summed E-state index contributed by atoms with van der Waals surface area (Å²) in [6.07, 6.45) is 1.82. The van der Waals surface area contributed by atoms with Crippen LogP contribution in [0.25, 0.3) is 0 Å². The van der Waals surface area contributed by atoms with Crippen LogP contribution in [-0.2, 0) is 0 Å². The topological polar surface area (TPSA) is 28.7 Å². The standard InChI is InChI=1S/C5H7N2/c1-4-3-6-7-5(4)2/h3H,2H2,1H3,(H,6,7). The number of nitrogens with one attached hydrogen (secondary N) is 1. The predicted molar refractivity (Wildman–Crippen MR) is 27.8 cm³/mol. The van der Waals surface area contributed by atoms with Crippen LogP contribution in [0.1, 0.15) is 11.3 Å². The lowest BCUT2D eigenvalue weighted by Crippen LogP contribution is -1.70. The summed E-state index contributed by atoms with van der Waals surface area (Å²) in [4.78, 5) is 0. The first-order chi connectivity index (χ1) is 3.30. The molecule has 0 amide bonds. The second kappa shape index (κ2) is 1.37. The lowest BCUT2D eigenvalue weighted by Gasteiger charge is -1.76. The van der Waals surface area contributed by atoms with E-state index in [9.17, 15) is 0 Å². The van der Waals surface area contributed by atoms with Gasteiger partial charge in [-0.1, -0.05) is 0 Å². The quantitative estimate of drug-likeness (QED) is 0.509. The third kappa shape index (κ3) is 0.633. The number of aromatic nitrogens is 2. The molecule has 1 rings (SSSR count). The number of aryl methyl sites for hydroxylation is 1. The van der Waals surface area contributed by atoms with Gasteiger partial charge in [-0.05, 0) is 19.4 Å². The van der Waals surface area contributed by atoms with Crippen LogP contribution < -0.4 is 0 Å². The van der Waals surface area contributed by atoms with Crippen LogP contribution in [0.15, 0.2) is 6.20 Å². The molecule has 0 spiro atoms. The molecule has 0 fully saturated rings. The molecule has 0 bridgehead atoms. The van der Waals surface area contributed by atoms with Gasteiger partial charge in [-0.15, -0.1) is 0 Å². The molecule has 7 heavy (non-hydrogen) atoms. The molecule has 0 atom stereocenters. The molecule has 0 aromatic carbocycles. The zero-order valence-corrected chi connectivity index (χ0v) is 4.23. The van der Waals surface area contributed by atoms with E-state index in [1.54, 1.807) is 0 Å². The van der Waals surface area contributed by atoms with Crippen LogP contribution in [0.2, 0.25) is 0 Å². The molecule has 0 aliphatic carbocycles. The summed E-state index contributed by atoms with van der Waals surface area (Å²) >= 11 is 0. The Kier molecular flexibility index (Phi) is 0.855. The number of aromatic amines is 1. The minimum atomic E-state index is 0.833. The highest BCUT2D eigenvalue weighted by atomic mass is 15.1. The molecule has 1 heterocycles. The Bertz CT molecular complexity index is 138. The summed E-state index contributed by atoms with van der Waals surface area (Å²) in [6.45, 7) is 5.60. The molecule has 0 aliphatic heterocycles. The smallest absolute Gasteiger partial charge is 0.0655 e. The Morgan fingerprint density at radius 2 is 2.57 bits per heavy atom. The van der Waals surface area contributed by atoms with Gasteiger partial charge in [-0.2, -0.15) is 5.10 Å². The van der Waals surface area contributed by atoms with Gasteiger partial charge >= 0.3 is 0 Å². The van der Waals surface area contributed by atoms with Crippen molar-refractivity contribution in [2.24, 2.45) is 0 Å². The maximum atomic E-state index is 3.78. The normalized spacial score (nSPS) is 9.43. The molecule has 0 saturated carbocycles. The molecule has 1 N–H and O–H groups in total. The average Bonchev–Trinajstić information content (AvgIpc) is 1.91. The van der Waals surface area contributed by atoms with E-state index < -0.39 is 0 Å². The van der Waals surface area contributed by atoms with Gasteiger partial charge in [-0.3, -0.25) is 5.10 Å². The largest absolute Gasteiger partial charge is 0.285 e. The number of nitrogens with zero attached hydrogens (tertiary/aromatic N) is 1. The molecule has 0 aliphatic rings. The maximum Gasteiger partial charge on any atom is 0.0655 e. The van der Waals surface area contributed by atoms with E-state index in [1.807, 2.05) is 13.1 Å². The van der Waals surface area contributed by atoms with Crippen molar-refractivity contribution in [3.63, 3.8) is 0 Å². The second-order valence-electron chi connectivity index (χ2n) is 1.51. The molecule has 0 unspecified atom stereocenters. The highest BCUT2D eigenvalue weighted by molar-refractivity contribution is 5.15. The molecular formula is C5H7N2. The minimum absolute atomic E-state index is 0.833. The van der Waals surface area contributed by atoms with Gasteiger partial charge in [0.1, 0.15) is 0 Å². The number of rotatable bonds is 0. The third-order valence-electron chi connectivity index (χ3n) is 0.936. The predicted octanol–water partition coefficient (Wildman–Crippen LogP) is 0.900. The molecule has 1 aromatic heterocycles. The Hall–Kier alpha value is -0.790. The van der Waals surface area contributed by atoms with Gasteiger partial charge in [0.2, 0.25) is 0 Å². The van der Waals surface area contributed by atoms with E-state index in [-0.39, 0.29) is 0 Å². The molecule has 0 saturated heterocycles. The SMILES string of the molecule is [CH2]c1n[nH]cc1C. The molecule has 2 nitrogen and oxygen atoms in total. The zero-order chi connectivity index (χ0) is 5.28. The van der Waals surface area contributed by atoms with Gasteiger partial charge in [0, 0.05) is 6.20 Å². The van der Waals surface area contributed by atoms with Crippen LogP contribution in [0.5, 0.6) is 0 Å². The van der Waals surface area contributed by atoms with Crippen molar-refractivity contribution in [3.8, 4) is 0 Å². The van der Waals surface area contributed by atoms with E-state index in [4.69, 9.17) is 0 Å². The van der Waals surface area contributed by atoms with Gasteiger partial charge < -0.3 is 0 Å². The lowest BCUT2D eigenvalue weighted by atomic mass is 10.3. The first-order valence-corrected chi connectivity index (χ1v) is 2.13. The number of hydrogen-bond acceptors (Lipinski definition) is 1. The first-order valence-electron chi connectivity index (χ1n) is 2.13. The van der Waals surface area contributed by atoms with Crippen molar-refractivity contribution in [1.82, 2.24) is 10.2 Å². The fraction of sp³-hybridized carbons (Fsp3) is 0.200. The third-order valence-corrected chi connectivity index (χ3v) is 0.936. The van der Waals surface area contributed by atoms with Crippen molar-refractivity contribution in [1.29, 1.82) is 0 Å². The van der Waals surface area contributed by atoms with Crippen molar-refractivity contribution >= 4 is 0 Å². The van der Waals surface area contributed by atoms with E-state index in [1.165, 1.54) is 0 Å². The molecule has 2 heteroatoms. The zero-order valence-electron chi connectivity index (χ0n) is 4.23. The number of H-pyrrole nitrogens is 1. The van der Waals surface area contributed by atoms with Crippen molar-refractivity contribution in [3.05, 3.63) is 24.4 Å². The summed E-state index contributed by atoms with van der Waals surface area (Å²) < 4.78 is 0. The van der Waals surface area contributed by atoms with Crippen molar-refractivity contribution < 1.29 is 0 Å². The Balaban J connectivity index is 3.12. The summed E-state index contributed by atoms with van der Waals surface area (Å²) in [7, 11) is 0. The monoisotopic (exact) mass is 95.1 g/mol. The second-order valence-corrected chi connectivity index (χ2v) is 1.51. The summed E-state index contributed by atoms with van der Waals surface area (Å²) in [5.74, 6) is 0. The van der Waals surface area contributed by atoms with Crippen LogP contribution >= 0.6 is 0 Å². The maximum absolute atomic E-state index is 3.78. The van der Waals surface area contributed by atoms with Crippen LogP contribution in [0.4, 0.5) is 0 Å². The summed E-state index contributed by atoms with van der Waals surface area (Å²) in [5, 5.41) is 6.47. The molecule has 1 aromatic rings. The molecule has 1 radical (unpaired) electrons. The van der Waals surface area contributed by atoms with E-state index in [2.05, 4.69) is 17.1 Å². The fourth-order valence-electron chi connectivity index (χ4n) is 0.379. The Morgan fingerprint density at radius 3 is 2.71 bits per heavy atom. The number of hydrogen-bond donors (Lipinski definition) is 1. The van der Waals surface area contributed by atoms with Crippen LogP contribution in [0, 0.1) is 13.8 Å². The van der Waals surface area contributed by atoms with Gasteiger partial charge in [0.25, 0.3) is 0 Å². The Labute approximate surface area is 42.6 Å².